The van der Waals surface area contributed by atoms with Crippen LogP contribution in [-0.2, 0) is 14.3 Å². The van der Waals surface area contributed by atoms with Gasteiger partial charge in [-0.1, -0.05) is 0 Å². The van der Waals surface area contributed by atoms with Gasteiger partial charge in [-0.3, -0.25) is 4.18 Å². The van der Waals surface area contributed by atoms with Crippen LogP contribution in [0.15, 0.2) is 10.2 Å². The van der Waals surface area contributed by atoms with Crippen LogP contribution in [0.4, 0.5) is 13.2 Å². The van der Waals surface area contributed by atoms with Gasteiger partial charge in [0.25, 0.3) is 0 Å². The molecule has 17 heavy (non-hydrogen) atoms. The fourth-order valence-corrected chi connectivity index (χ4v) is 1.49. The van der Waals surface area contributed by atoms with Crippen molar-refractivity contribution in [1.29, 1.82) is 0 Å². The Morgan fingerprint density at radius 1 is 1.29 bits per heavy atom. The molecule has 1 heterocycles. The third kappa shape index (κ3) is 3.67. The maximum atomic E-state index is 11.9. The van der Waals surface area contributed by atoms with E-state index in [2.05, 4.69) is 20.3 Å². The molecule has 0 radical (unpaired) electrons. The molecule has 1 rings (SSSR count). The molecule has 1 aliphatic rings. The Kier molecular flexibility index (Phi) is 3.78. The van der Waals surface area contributed by atoms with Gasteiger partial charge in [-0.2, -0.15) is 31.8 Å². The molecule has 9 heteroatoms. The maximum Gasteiger partial charge on any atom is 0.523 e. The van der Waals surface area contributed by atoms with Gasteiger partial charge in [0.05, 0.1) is 6.61 Å². The lowest BCUT2D eigenvalue weighted by atomic mass is 10.1. The quantitative estimate of drug-likeness (QED) is 0.420. The number of hydrogen-bond acceptors (Lipinski definition) is 5. The Bertz CT molecular complexity index is 444. The Morgan fingerprint density at radius 2 is 1.88 bits per heavy atom. The predicted molar refractivity (Wildman–Crippen MR) is 51.2 cm³/mol. The van der Waals surface area contributed by atoms with Crippen LogP contribution in [0.2, 0.25) is 0 Å². The Hall–Kier alpha value is -1.14. The summed E-state index contributed by atoms with van der Waals surface area (Å²) in [6.07, 6.45) is 5.71. The van der Waals surface area contributed by atoms with Crippen LogP contribution in [-0.4, -0.2) is 26.2 Å². The highest BCUT2D eigenvalue weighted by atomic mass is 32.2. The van der Waals surface area contributed by atoms with Gasteiger partial charge in [-0.15, -0.1) is 12.3 Å². The Labute approximate surface area is 96.2 Å². The van der Waals surface area contributed by atoms with Crippen molar-refractivity contribution in [3.63, 3.8) is 0 Å². The predicted octanol–water partition coefficient (Wildman–Crippen LogP) is 1.82. The van der Waals surface area contributed by atoms with Gasteiger partial charge in [-0.25, -0.2) is 0 Å². The number of nitrogens with zero attached hydrogens (tertiary/aromatic N) is 2. The lowest BCUT2D eigenvalue weighted by molar-refractivity contribution is -0.0544. The standard InChI is InChI=1S/C8H9F3N2O3S/c1-2-3-4-7(12-13-7)5-6-16-17(14,15)8(9,10)11/h1H,3-6H2. The zero-order valence-corrected chi connectivity index (χ0v) is 9.38. The molecular weight excluding hydrogens is 261 g/mol. The Balaban J connectivity index is 2.37. The SMILES string of the molecule is C#CCCC1(CCOS(=O)(=O)C(F)(F)F)N=N1. The van der Waals surface area contributed by atoms with Crippen LogP contribution in [0.1, 0.15) is 19.3 Å². The van der Waals surface area contributed by atoms with Crippen LogP contribution in [0.25, 0.3) is 0 Å². The second-order valence-electron chi connectivity index (χ2n) is 3.36. The van der Waals surface area contributed by atoms with Crippen LogP contribution < -0.4 is 0 Å². The largest absolute Gasteiger partial charge is 0.523 e. The van der Waals surface area contributed by atoms with E-state index in [-0.39, 0.29) is 6.42 Å². The highest BCUT2D eigenvalue weighted by Crippen LogP contribution is 2.37. The van der Waals surface area contributed by atoms with E-state index in [0.717, 1.165) is 0 Å². The van der Waals surface area contributed by atoms with Gasteiger partial charge in [0.2, 0.25) is 0 Å². The average molecular weight is 270 g/mol. The van der Waals surface area contributed by atoms with Crippen molar-refractivity contribution >= 4 is 10.1 Å². The number of halogens is 3. The molecule has 0 aromatic rings. The summed E-state index contributed by atoms with van der Waals surface area (Å²) in [5.74, 6) is 2.34. The summed E-state index contributed by atoms with van der Waals surface area (Å²) >= 11 is 0. The van der Waals surface area contributed by atoms with Gasteiger partial charge in [0, 0.05) is 19.3 Å². The molecule has 0 saturated heterocycles. The molecule has 96 valence electrons. The molecule has 0 unspecified atom stereocenters. The van der Waals surface area contributed by atoms with Crippen LogP contribution >= 0.6 is 0 Å². The van der Waals surface area contributed by atoms with Crippen molar-refractivity contribution in [3.05, 3.63) is 0 Å². The molecule has 0 amide bonds. The van der Waals surface area contributed by atoms with Crippen LogP contribution in [0.3, 0.4) is 0 Å². The van der Waals surface area contributed by atoms with Gasteiger partial charge in [0.1, 0.15) is 0 Å². The van der Waals surface area contributed by atoms with Gasteiger partial charge >= 0.3 is 15.6 Å². The minimum Gasteiger partial charge on any atom is -0.263 e. The van der Waals surface area contributed by atoms with E-state index in [4.69, 9.17) is 6.42 Å². The summed E-state index contributed by atoms with van der Waals surface area (Å²) in [6, 6.07) is 0. The number of rotatable bonds is 6. The van der Waals surface area contributed by atoms with Gasteiger partial charge in [0.15, 0.2) is 5.66 Å². The normalized spacial score (nSPS) is 17.8. The zero-order chi connectivity index (χ0) is 13.2. The molecule has 0 N–H and O–H groups in total. The lowest BCUT2D eigenvalue weighted by Crippen LogP contribution is -2.27. The van der Waals surface area contributed by atoms with E-state index in [9.17, 15) is 21.6 Å². The first-order chi connectivity index (χ1) is 7.72. The van der Waals surface area contributed by atoms with Crippen molar-refractivity contribution in [3.8, 4) is 12.3 Å². The first-order valence-electron chi connectivity index (χ1n) is 4.56. The van der Waals surface area contributed by atoms with Crippen molar-refractivity contribution in [2.45, 2.75) is 30.4 Å². The molecule has 1 aliphatic heterocycles. The monoisotopic (exact) mass is 270 g/mol. The number of alkyl halides is 3. The molecule has 0 bridgehead atoms. The van der Waals surface area contributed by atoms with Crippen molar-refractivity contribution in [1.82, 2.24) is 0 Å². The fourth-order valence-electron chi connectivity index (χ4n) is 1.05. The molecule has 0 atom stereocenters. The summed E-state index contributed by atoms with van der Waals surface area (Å²) in [5, 5.41) is 7.25. The summed E-state index contributed by atoms with van der Waals surface area (Å²) < 4.78 is 60.5. The minimum atomic E-state index is -5.54. The van der Waals surface area contributed by atoms with Crippen molar-refractivity contribution < 1.29 is 25.8 Å². The summed E-state index contributed by atoms with van der Waals surface area (Å²) in [5.41, 5.74) is -6.26. The first-order valence-corrected chi connectivity index (χ1v) is 5.96. The van der Waals surface area contributed by atoms with E-state index in [1.165, 1.54) is 0 Å². The highest BCUT2D eigenvalue weighted by molar-refractivity contribution is 7.87. The second-order valence-corrected chi connectivity index (χ2v) is 4.97. The molecule has 0 aromatic heterocycles. The molecule has 0 saturated carbocycles. The third-order valence-electron chi connectivity index (χ3n) is 2.08. The van der Waals surface area contributed by atoms with Crippen LogP contribution in [0, 0.1) is 12.3 Å². The second kappa shape index (κ2) is 4.62. The molecular formula is C8H9F3N2O3S. The number of hydrogen-bond donors (Lipinski definition) is 0. The topological polar surface area (TPSA) is 68.1 Å². The van der Waals surface area contributed by atoms with E-state index in [1.54, 1.807) is 0 Å². The third-order valence-corrected chi connectivity index (χ3v) is 3.12. The average Bonchev–Trinajstić information content (AvgIpc) is 2.94. The highest BCUT2D eigenvalue weighted by Gasteiger charge is 2.48. The van der Waals surface area contributed by atoms with E-state index in [1.807, 2.05) is 0 Å². The molecule has 0 spiro atoms. The molecule has 0 fully saturated rings. The molecule has 0 aromatic carbocycles. The summed E-state index contributed by atoms with van der Waals surface area (Å²) in [7, 11) is -5.54. The maximum absolute atomic E-state index is 11.9. The van der Waals surface area contributed by atoms with E-state index >= 15 is 0 Å². The lowest BCUT2D eigenvalue weighted by Gasteiger charge is -2.10. The minimum absolute atomic E-state index is 0.0377. The smallest absolute Gasteiger partial charge is 0.263 e. The van der Waals surface area contributed by atoms with Crippen molar-refractivity contribution in [2.24, 2.45) is 10.2 Å². The molecule has 5 nitrogen and oxygen atoms in total. The van der Waals surface area contributed by atoms with E-state index in [0.29, 0.717) is 12.8 Å². The first kappa shape index (κ1) is 13.9. The zero-order valence-electron chi connectivity index (χ0n) is 8.57. The molecule has 0 aliphatic carbocycles. The Morgan fingerprint density at radius 3 is 2.29 bits per heavy atom. The van der Waals surface area contributed by atoms with Gasteiger partial charge in [-0.05, 0) is 0 Å². The van der Waals surface area contributed by atoms with Crippen LogP contribution in [0.5, 0.6) is 0 Å². The van der Waals surface area contributed by atoms with E-state index < -0.39 is 27.9 Å². The summed E-state index contributed by atoms with van der Waals surface area (Å²) in [6.45, 7) is -0.626. The van der Waals surface area contributed by atoms with Crippen molar-refractivity contribution in [2.75, 3.05) is 6.61 Å². The summed E-state index contributed by atoms with van der Waals surface area (Å²) in [4.78, 5) is 0. The number of terminal acetylenes is 1. The fraction of sp³-hybridized carbons (Fsp3) is 0.750. The van der Waals surface area contributed by atoms with Gasteiger partial charge < -0.3 is 0 Å².